The summed E-state index contributed by atoms with van der Waals surface area (Å²) in [6, 6.07) is 0.866. The van der Waals surface area contributed by atoms with Gasteiger partial charge in [0.05, 0.1) is 11.3 Å². The van der Waals surface area contributed by atoms with E-state index in [9.17, 15) is 22.0 Å². The number of aryl methyl sites for hydroxylation is 2. The molecule has 118 valence electrons. The number of carboxylic acids is 1. The Bertz CT molecular complexity index is 842. The van der Waals surface area contributed by atoms with Crippen LogP contribution in [0.5, 0.6) is 0 Å². The van der Waals surface area contributed by atoms with E-state index in [0.29, 0.717) is 18.0 Å². The molecule has 0 atom stereocenters. The molecule has 10 heteroatoms. The van der Waals surface area contributed by atoms with Crippen LogP contribution in [0.15, 0.2) is 23.4 Å². The molecule has 0 saturated heterocycles. The number of halogens is 2. The third kappa shape index (κ3) is 2.91. The molecule has 0 saturated carbocycles. The van der Waals surface area contributed by atoms with Gasteiger partial charge in [-0.05, 0) is 13.0 Å². The maximum atomic E-state index is 13.6. The van der Waals surface area contributed by atoms with Crippen LogP contribution in [0.1, 0.15) is 16.2 Å². The highest BCUT2D eigenvalue weighted by Gasteiger charge is 2.22. The highest BCUT2D eigenvalue weighted by Crippen LogP contribution is 2.22. The summed E-state index contributed by atoms with van der Waals surface area (Å²) in [6.45, 7) is 1.57. The number of hydrogen-bond donors (Lipinski definition) is 2. The van der Waals surface area contributed by atoms with Crippen LogP contribution in [-0.4, -0.2) is 29.0 Å². The minimum absolute atomic E-state index is 0.297. The molecule has 0 radical (unpaired) electrons. The van der Waals surface area contributed by atoms with Crippen LogP contribution >= 0.6 is 0 Å². The predicted molar refractivity (Wildman–Crippen MR) is 72.1 cm³/mol. The van der Waals surface area contributed by atoms with E-state index in [2.05, 4.69) is 4.98 Å². The van der Waals surface area contributed by atoms with Crippen molar-refractivity contribution in [2.75, 3.05) is 4.72 Å². The molecule has 0 aliphatic rings. The Morgan fingerprint density at radius 3 is 2.45 bits per heavy atom. The van der Waals surface area contributed by atoms with Gasteiger partial charge in [-0.2, -0.15) is 8.42 Å². The summed E-state index contributed by atoms with van der Waals surface area (Å²) in [4.78, 5) is 14.6. The van der Waals surface area contributed by atoms with E-state index in [1.165, 1.54) is 10.8 Å². The molecule has 0 spiro atoms. The number of hydrogen-bond acceptors (Lipinski definition) is 4. The average molecular weight is 331 g/mol. The van der Waals surface area contributed by atoms with E-state index in [-0.39, 0.29) is 5.03 Å². The maximum Gasteiger partial charge on any atom is 0.338 e. The lowest BCUT2D eigenvalue weighted by Gasteiger charge is -2.08. The first kappa shape index (κ1) is 15.9. The van der Waals surface area contributed by atoms with Crippen molar-refractivity contribution in [2.24, 2.45) is 7.05 Å². The lowest BCUT2D eigenvalue weighted by Crippen LogP contribution is -2.15. The van der Waals surface area contributed by atoms with Crippen molar-refractivity contribution in [3.63, 3.8) is 0 Å². The Kier molecular flexibility index (Phi) is 3.88. The quantitative estimate of drug-likeness (QED) is 0.884. The van der Waals surface area contributed by atoms with Gasteiger partial charge in [0, 0.05) is 19.3 Å². The Morgan fingerprint density at radius 1 is 1.32 bits per heavy atom. The monoisotopic (exact) mass is 331 g/mol. The van der Waals surface area contributed by atoms with Crippen LogP contribution < -0.4 is 4.72 Å². The Labute approximate surface area is 124 Å². The summed E-state index contributed by atoms with van der Waals surface area (Å²) >= 11 is 0. The molecular weight excluding hydrogens is 320 g/mol. The number of rotatable bonds is 4. The number of carbonyl (C=O) groups is 1. The zero-order valence-electron chi connectivity index (χ0n) is 11.5. The van der Waals surface area contributed by atoms with Gasteiger partial charge in [0.2, 0.25) is 0 Å². The maximum absolute atomic E-state index is 13.6. The molecule has 22 heavy (non-hydrogen) atoms. The first-order chi connectivity index (χ1) is 10.1. The third-order valence-corrected chi connectivity index (χ3v) is 4.13. The van der Waals surface area contributed by atoms with E-state index >= 15 is 0 Å². The summed E-state index contributed by atoms with van der Waals surface area (Å²) in [6.07, 6.45) is 1.21. The lowest BCUT2D eigenvalue weighted by molar-refractivity contribution is 0.0692. The molecular formula is C12H11F2N3O4S. The van der Waals surface area contributed by atoms with Gasteiger partial charge in [-0.1, -0.05) is 0 Å². The van der Waals surface area contributed by atoms with Gasteiger partial charge in [0.25, 0.3) is 10.0 Å². The topological polar surface area (TPSA) is 101 Å². The van der Waals surface area contributed by atoms with Crippen molar-refractivity contribution < 1.29 is 27.1 Å². The Balaban J connectivity index is 2.45. The van der Waals surface area contributed by atoms with Crippen molar-refractivity contribution >= 4 is 21.7 Å². The molecule has 1 aromatic carbocycles. The molecule has 0 fully saturated rings. The fraction of sp³-hybridized carbons (Fsp3) is 0.167. The van der Waals surface area contributed by atoms with E-state index in [1.54, 1.807) is 14.0 Å². The average Bonchev–Trinajstić information content (AvgIpc) is 2.73. The molecule has 2 aromatic rings. The first-order valence-corrected chi connectivity index (χ1v) is 7.35. The Morgan fingerprint density at radius 2 is 1.95 bits per heavy atom. The first-order valence-electron chi connectivity index (χ1n) is 5.87. The van der Waals surface area contributed by atoms with Gasteiger partial charge in [-0.3, -0.25) is 4.72 Å². The second kappa shape index (κ2) is 5.37. The molecule has 2 N–H and O–H groups in total. The van der Waals surface area contributed by atoms with Crippen LogP contribution in [0, 0.1) is 18.6 Å². The summed E-state index contributed by atoms with van der Waals surface area (Å²) in [5, 5.41) is 8.41. The highest BCUT2D eigenvalue weighted by atomic mass is 32.2. The number of imidazole rings is 1. The zero-order valence-corrected chi connectivity index (χ0v) is 12.3. The highest BCUT2D eigenvalue weighted by molar-refractivity contribution is 7.92. The Hall–Kier alpha value is -2.49. The smallest absolute Gasteiger partial charge is 0.338 e. The van der Waals surface area contributed by atoms with Crippen LogP contribution in [0.4, 0.5) is 14.5 Å². The van der Waals surface area contributed by atoms with Crippen molar-refractivity contribution in [3.05, 3.63) is 41.4 Å². The van der Waals surface area contributed by atoms with E-state index in [4.69, 9.17) is 5.11 Å². The molecule has 2 rings (SSSR count). The molecule has 1 heterocycles. The van der Waals surface area contributed by atoms with Gasteiger partial charge < -0.3 is 9.67 Å². The lowest BCUT2D eigenvalue weighted by atomic mass is 10.2. The molecule has 0 bridgehead atoms. The van der Waals surface area contributed by atoms with Crippen LogP contribution in [-0.2, 0) is 17.1 Å². The predicted octanol–water partition coefficient (Wildman–Crippen LogP) is 1.51. The zero-order chi connectivity index (χ0) is 16.7. The second-order valence-corrected chi connectivity index (χ2v) is 6.09. The van der Waals surface area contributed by atoms with Gasteiger partial charge in [0.1, 0.15) is 17.5 Å². The summed E-state index contributed by atoms with van der Waals surface area (Å²) in [5.41, 5.74) is -1.53. The van der Waals surface area contributed by atoms with Crippen molar-refractivity contribution in [3.8, 4) is 0 Å². The normalized spacial score (nSPS) is 11.5. The van der Waals surface area contributed by atoms with Gasteiger partial charge in [-0.25, -0.2) is 18.6 Å². The standard InChI is InChI=1S/C12H11F2N3O4S/c1-6-15-11(5-17(6)2)22(20,21)16-10-3-7(12(18)19)8(13)4-9(10)14/h3-5,16H,1-2H3,(H,18,19). The number of carboxylic acid groups (broad SMARTS) is 1. The molecule has 1 aromatic heterocycles. The van der Waals surface area contributed by atoms with Crippen LogP contribution in [0.3, 0.4) is 0 Å². The fourth-order valence-corrected chi connectivity index (χ4v) is 2.74. The molecule has 7 nitrogen and oxygen atoms in total. The minimum atomic E-state index is -4.23. The van der Waals surface area contributed by atoms with Crippen molar-refractivity contribution in [1.29, 1.82) is 0 Å². The van der Waals surface area contributed by atoms with E-state index < -0.39 is 38.9 Å². The SMILES string of the molecule is Cc1nc(S(=O)(=O)Nc2cc(C(=O)O)c(F)cc2F)cn1C. The summed E-state index contributed by atoms with van der Waals surface area (Å²) in [5.74, 6) is -3.78. The number of aromatic carboxylic acids is 1. The third-order valence-electron chi connectivity index (χ3n) is 2.89. The number of sulfonamides is 1. The number of anilines is 1. The van der Waals surface area contributed by atoms with Gasteiger partial charge in [0.15, 0.2) is 5.03 Å². The van der Waals surface area contributed by atoms with Gasteiger partial charge in [-0.15, -0.1) is 0 Å². The fourth-order valence-electron chi connectivity index (χ4n) is 1.64. The number of benzene rings is 1. The largest absolute Gasteiger partial charge is 0.478 e. The van der Waals surface area contributed by atoms with E-state index in [1.807, 2.05) is 4.72 Å². The van der Waals surface area contributed by atoms with Crippen molar-refractivity contribution in [2.45, 2.75) is 11.9 Å². The molecule has 0 amide bonds. The number of nitrogens with zero attached hydrogens (tertiary/aromatic N) is 2. The second-order valence-electron chi connectivity index (χ2n) is 4.46. The number of nitrogens with one attached hydrogen (secondary N) is 1. The molecule has 0 aliphatic carbocycles. The van der Waals surface area contributed by atoms with Gasteiger partial charge >= 0.3 is 5.97 Å². The summed E-state index contributed by atoms with van der Waals surface area (Å²) in [7, 11) is -2.66. The summed E-state index contributed by atoms with van der Waals surface area (Å²) < 4.78 is 54.4. The molecule has 0 aliphatic heterocycles. The van der Waals surface area contributed by atoms with E-state index in [0.717, 1.165) is 0 Å². The van der Waals surface area contributed by atoms with Crippen LogP contribution in [0.2, 0.25) is 0 Å². The van der Waals surface area contributed by atoms with Crippen molar-refractivity contribution in [1.82, 2.24) is 9.55 Å². The molecule has 0 unspecified atom stereocenters. The minimum Gasteiger partial charge on any atom is -0.478 e. The number of aromatic nitrogens is 2. The van der Waals surface area contributed by atoms with Crippen LogP contribution in [0.25, 0.3) is 0 Å².